The summed E-state index contributed by atoms with van der Waals surface area (Å²) in [4.78, 5) is 4.65. The smallest absolute Gasteiger partial charge is 0.195 e. The first-order chi connectivity index (χ1) is 11.3. The van der Waals surface area contributed by atoms with E-state index in [4.69, 9.17) is 4.74 Å². The molecular formula is C16H18N4OS2. The van der Waals surface area contributed by atoms with E-state index in [1.165, 1.54) is 0 Å². The minimum Gasteiger partial charge on any atom is -0.372 e. The van der Waals surface area contributed by atoms with Crippen molar-refractivity contribution < 1.29 is 4.74 Å². The van der Waals surface area contributed by atoms with E-state index in [-0.39, 0.29) is 6.10 Å². The van der Waals surface area contributed by atoms with Gasteiger partial charge in [-0.3, -0.25) is 4.57 Å². The summed E-state index contributed by atoms with van der Waals surface area (Å²) in [5.74, 6) is 0.765. The van der Waals surface area contributed by atoms with Crippen molar-refractivity contribution in [3.63, 3.8) is 0 Å². The van der Waals surface area contributed by atoms with E-state index in [0.717, 1.165) is 27.3 Å². The fraction of sp³-hybridized carbons (Fsp3) is 0.312. The number of hydrogen-bond donors (Lipinski definition) is 0. The highest BCUT2D eigenvalue weighted by atomic mass is 32.2. The lowest BCUT2D eigenvalue weighted by atomic mass is 10.3. The molecule has 120 valence electrons. The monoisotopic (exact) mass is 346 g/mol. The molecule has 3 rings (SSSR count). The lowest BCUT2D eigenvalue weighted by molar-refractivity contribution is 0.0761. The van der Waals surface area contributed by atoms with Crippen molar-refractivity contribution in [2.75, 3.05) is 6.61 Å². The van der Waals surface area contributed by atoms with Gasteiger partial charge in [0.15, 0.2) is 5.16 Å². The number of para-hydroxylation sites is 1. The van der Waals surface area contributed by atoms with E-state index in [1.54, 1.807) is 29.4 Å². The Balaban J connectivity index is 1.67. The quantitative estimate of drug-likeness (QED) is 0.603. The van der Waals surface area contributed by atoms with Crippen LogP contribution < -0.4 is 0 Å². The third kappa shape index (κ3) is 3.99. The number of thioether (sulfide) groups is 1. The predicted octanol–water partition coefficient (Wildman–Crippen LogP) is 4.11. The summed E-state index contributed by atoms with van der Waals surface area (Å²) >= 11 is 3.28. The second-order valence-electron chi connectivity index (χ2n) is 4.88. The molecule has 0 saturated carbocycles. The van der Waals surface area contributed by atoms with Gasteiger partial charge in [0.2, 0.25) is 0 Å². The normalized spacial score (nSPS) is 12.4. The molecule has 1 aromatic carbocycles. The Morgan fingerprint density at radius 2 is 2.13 bits per heavy atom. The fourth-order valence-corrected chi connectivity index (χ4v) is 3.87. The van der Waals surface area contributed by atoms with Crippen LogP contribution in [-0.2, 0) is 10.5 Å². The van der Waals surface area contributed by atoms with Crippen LogP contribution in [0.2, 0.25) is 0 Å². The molecule has 0 aliphatic carbocycles. The van der Waals surface area contributed by atoms with Crippen molar-refractivity contribution in [2.24, 2.45) is 0 Å². The lowest BCUT2D eigenvalue weighted by Crippen LogP contribution is -1.99. The Labute approximate surface area is 143 Å². The van der Waals surface area contributed by atoms with E-state index in [0.29, 0.717) is 6.61 Å². The van der Waals surface area contributed by atoms with Crippen LogP contribution in [0, 0.1) is 0 Å². The van der Waals surface area contributed by atoms with Crippen molar-refractivity contribution in [3.05, 3.63) is 52.7 Å². The third-order valence-corrected chi connectivity index (χ3v) is 5.27. The maximum absolute atomic E-state index is 5.58. The third-order valence-electron chi connectivity index (χ3n) is 3.23. The SMILES string of the molecule is CCO[C@H](C)c1nc(CSc2nncn2-c2ccccc2)cs1. The first-order valence-corrected chi connectivity index (χ1v) is 9.28. The zero-order valence-corrected chi connectivity index (χ0v) is 14.7. The topological polar surface area (TPSA) is 52.8 Å². The number of hydrogen-bond acceptors (Lipinski definition) is 6. The number of thiazole rings is 1. The van der Waals surface area contributed by atoms with Crippen molar-refractivity contribution >= 4 is 23.1 Å². The zero-order valence-electron chi connectivity index (χ0n) is 13.0. The summed E-state index contributed by atoms with van der Waals surface area (Å²) in [5.41, 5.74) is 2.10. The number of nitrogens with zero attached hydrogens (tertiary/aromatic N) is 4. The predicted molar refractivity (Wildman–Crippen MR) is 93.1 cm³/mol. The average Bonchev–Trinajstić information content (AvgIpc) is 3.23. The van der Waals surface area contributed by atoms with Gasteiger partial charge in [-0.1, -0.05) is 30.0 Å². The highest BCUT2D eigenvalue weighted by Crippen LogP contribution is 2.26. The van der Waals surface area contributed by atoms with Crippen molar-refractivity contribution in [3.8, 4) is 5.69 Å². The summed E-state index contributed by atoms with van der Waals surface area (Å²) in [6.45, 7) is 4.73. The van der Waals surface area contributed by atoms with Gasteiger partial charge in [-0.2, -0.15) is 0 Å². The van der Waals surface area contributed by atoms with Crippen LogP contribution in [0.5, 0.6) is 0 Å². The highest BCUT2D eigenvalue weighted by molar-refractivity contribution is 7.98. The van der Waals surface area contributed by atoms with Gasteiger partial charge in [0.25, 0.3) is 0 Å². The molecule has 5 nitrogen and oxygen atoms in total. The largest absolute Gasteiger partial charge is 0.372 e. The highest BCUT2D eigenvalue weighted by Gasteiger charge is 2.12. The summed E-state index contributed by atoms with van der Waals surface area (Å²) in [5, 5.41) is 12.2. The number of benzene rings is 1. The molecule has 0 amide bonds. The molecule has 0 radical (unpaired) electrons. The van der Waals surface area contributed by atoms with Crippen molar-refractivity contribution in [2.45, 2.75) is 30.9 Å². The Kier molecular flexibility index (Phi) is 5.43. The van der Waals surface area contributed by atoms with Gasteiger partial charge in [0.05, 0.1) is 5.69 Å². The van der Waals surface area contributed by atoms with Gasteiger partial charge in [-0.05, 0) is 26.0 Å². The van der Waals surface area contributed by atoms with Gasteiger partial charge in [0, 0.05) is 23.4 Å². The van der Waals surface area contributed by atoms with Crippen LogP contribution in [0.3, 0.4) is 0 Å². The van der Waals surface area contributed by atoms with Gasteiger partial charge < -0.3 is 4.74 Å². The standard InChI is InChI=1S/C16H18N4OS2/c1-3-21-12(2)15-18-13(9-22-15)10-23-16-19-17-11-20(16)14-7-5-4-6-8-14/h4-9,11-12H,3,10H2,1-2H3/t12-/m1/s1. The molecule has 7 heteroatoms. The van der Waals surface area contributed by atoms with Crippen LogP contribution >= 0.6 is 23.1 Å². The molecule has 0 aliphatic rings. The average molecular weight is 346 g/mol. The van der Waals surface area contributed by atoms with E-state index in [2.05, 4.69) is 20.6 Å². The van der Waals surface area contributed by atoms with Gasteiger partial charge >= 0.3 is 0 Å². The first-order valence-electron chi connectivity index (χ1n) is 7.42. The Morgan fingerprint density at radius 3 is 2.91 bits per heavy atom. The molecule has 3 aromatic rings. The summed E-state index contributed by atoms with van der Waals surface area (Å²) in [6, 6.07) is 10.1. The van der Waals surface area contributed by atoms with Crippen LogP contribution in [0.15, 0.2) is 47.2 Å². The van der Waals surface area contributed by atoms with Crippen LogP contribution in [0.1, 0.15) is 30.7 Å². The molecule has 0 aliphatic heterocycles. The Bertz CT molecular complexity index is 741. The summed E-state index contributed by atoms with van der Waals surface area (Å²) in [6.07, 6.45) is 1.79. The maximum atomic E-state index is 5.58. The van der Waals surface area contributed by atoms with E-state index >= 15 is 0 Å². The molecule has 0 N–H and O–H groups in total. The molecule has 0 saturated heterocycles. The van der Waals surface area contributed by atoms with Gasteiger partial charge in [-0.25, -0.2) is 4.98 Å². The molecule has 0 spiro atoms. The zero-order chi connectivity index (χ0) is 16.1. The van der Waals surface area contributed by atoms with E-state index < -0.39 is 0 Å². The minimum atomic E-state index is 0.0525. The molecule has 23 heavy (non-hydrogen) atoms. The number of aromatic nitrogens is 4. The molecule has 0 fully saturated rings. The van der Waals surface area contributed by atoms with Crippen LogP contribution in [0.25, 0.3) is 5.69 Å². The van der Waals surface area contributed by atoms with Gasteiger partial charge in [0.1, 0.15) is 17.4 Å². The summed E-state index contributed by atoms with van der Waals surface area (Å²) < 4.78 is 7.57. The minimum absolute atomic E-state index is 0.0525. The second kappa shape index (κ2) is 7.72. The fourth-order valence-electron chi connectivity index (χ4n) is 2.12. The van der Waals surface area contributed by atoms with Crippen LogP contribution in [0.4, 0.5) is 0 Å². The lowest BCUT2D eigenvalue weighted by Gasteiger charge is -2.07. The molecule has 1 atom stereocenters. The summed E-state index contributed by atoms with van der Waals surface area (Å²) in [7, 11) is 0. The van der Waals surface area contributed by atoms with Crippen LogP contribution in [-0.4, -0.2) is 26.4 Å². The molecule has 2 aromatic heterocycles. The maximum Gasteiger partial charge on any atom is 0.195 e. The first kappa shape index (κ1) is 16.2. The van der Waals surface area contributed by atoms with Crippen molar-refractivity contribution in [1.29, 1.82) is 0 Å². The van der Waals surface area contributed by atoms with E-state index in [9.17, 15) is 0 Å². The van der Waals surface area contributed by atoms with Crippen molar-refractivity contribution in [1.82, 2.24) is 19.7 Å². The number of ether oxygens (including phenoxy) is 1. The Morgan fingerprint density at radius 1 is 1.30 bits per heavy atom. The number of rotatable bonds is 7. The molecule has 0 unspecified atom stereocenters. The van der Waals surface area contributed by atoms with E-state index in [1.807, 2.05) is 48.7 Å². The second-order valence-corrected chi connectivity index (χ2v) is 6.71. The molecular weight excluding hydrogens is 328 g/mol. The molecule has 0 bridgehead atoms. The Hall–Kier alpha value is -1.70. The molecule has 2 heterocycles. The van der Waals surface area contributed by atoms with Gasteiger partial charge in [-0.15, -0.1) is 21.5 Å².